The number of nitriles is 1. The summed E-state index contributed by atoms with van der Waals surface area (Å²) in [4.78, 5) is 20.8. The summed E-state index contributed by atoms with van der Waals surface area (Å²) in [5.74, 6) is -0.135. The number of piperazine rings is 1. The van der Waals surface area contributed by atoms with Gasteiger partial charge in [-0.25, -0.2) is 18.1 Å². The Bertz CT molecular complexity index is 1010. The van der Waals surface area contributed by atoms with Crippen molar-refractivity contribution in [3.8, 4) is 6.07 Å². The van der Waals surface area contributed by atoms with Crippen molar-refractivity contribution in [1.29, 1.82) is 5.26 Å². The molecule has 1 aliphatic rings. The Morgan fingerprint density at radius 1 is 1.17 bits per heavy atom. The van der Waals surface area contributed by atoms with Crippen LogP contribution in [0.1, 0.15) is 16.1 Å². The lowest BCUT2D eigenvalue weighted by Gasteiger charge is -2.36. The van der Waals surface area contributed by atoms with Gasteiger partial charge in [-0.15, -0.1) is 0 Å². The molecule has 0 aliphatic carbocycles. The predicted octanol–water partition coefficient (Wildman–Crippen LogP) is 0.840. The van der Waals surface area contributed by atoms with E-state index in [0.717, 1.165) is 5.69 Å². The van der Waals surface area contributed by atoms with Gasteiger partial charge in [-0.2, -0.15) is 5.26 Å². The minimum atomic E-state index is -3.63. The van der Waals surface area contributed by atoms with Crippen LogP contribution in [0.25, 0.3) is 0 Å². The summed E-state index contributed by atoms with van der Waals surface area (Å²) in [6.45, 7) is 2.83. The van der Waals surface area contributed by atoms with Crippen LogP contribution in [0.2, 0.25) is 0 Å². The van der Waals surface area contributed by atoms with Gasteiger partial charge in [-0.3, -0.25) is 4.79 Å². The van der Waals surface area contributed by atoms with Gasteiger partial charge in [0.15, 0.2) is 0 Å². The van der Waals surface area contributed by atoms with E-state index in [1.807, 2.05) is 12.1 Å². The number of amides is 1. The molecule has 158 valence electrons. The molecule has 1 saturated heterocycles. The fourth-order valence-electron chi connectivity index (χ4n) is 3.13. The SMILES string of the molecule is COCCNS(=O)(=O)c1ccc(C(=O)N2CCN(c3ccc(C#N)nc3)CC2)cc1. The van der Waals surface area contributed by atoms with Crippen LogP contribution in [0.3, 0.4) is 0 Å². The first-order chi connectivity index (χ1) is 14.4. The van der Waals surface area contributed by atoms with E-state index < -0.39 is 10.0 Å². The van der Waals surface area contributed by atoms with Crippen molar-refractivity contribution in [3.05, 3.63) is 53.9 Å². The number of methoxy groups -OCH3 is 1. The Hall–Kier alpha value is -3.00. The highest BCUT2D eigenvalue weighted by Crippen LogP contribution is 2.18. The van der Waals surface area contributed by atoms with Crippen LogP contribution in [-0.2, 0) is 14.8 Å². The first-order valence-corrected chi connectivity index (χ1v) is 10.9. The highest BCUT2D eigenvalue weighted by Gasteiger charge is 2.23. The summed E-state index contributed by atoms with van der Waals surface area (Å²) in [5.41, 5.74) is 1.72. The quantitative estimate of drug-likeness (QED) is 0.649. The van der Waals surface area contributed by atoms with E-state index in [9.17, 15) is 13.2 Å². The summed E-state index contributed by atoms with van der Waals surface area (Å²) in [5, 5.41) is 8.84. The van der Waals surface area contributed by atoms with Crippen LogP contribution in [0, 0.1) is 11.3 Å². The Morgan fingerprint density at radius 3 is 2.43 bits per heavy atom. The second-order valence-electron chi connectivity index (χ2n) is 6.71. The number of hydrogen-bond acceptors (Lipinski definition) is 7. The number of carbonyl (C=O) groups is 1. The van der Waals surface area contributed by atoms with Crippen LogP contribution in [0.15, 0.2) is 47.5 Å². The molecule has 2 aromatic rings. The predicted molar refractivity (Wildman–Crippen MR) is 111 cm³/mol. The van der Waals surface area contributed by atoms with Crippen molar-refractivity contribution in [3.63, 3.8) is 0 Å². The molecular weight excluding hydrogens is 406 g/mol. The average Bonchev–Trinajstić information content (AvgIpc) is 2.79. The number of rotatable bonds is 7. The van der Waals surface area contributed by atoms with Crippen LogP contribution in [0.4, 0.5) is 5.69 Å². The minimum absolute atomic E-state index is 0.105. The molecule has 9 nitrogen and oxygen atoms in total. The van der Waals surface area contributed by atoms with E-state index in [-0.39, 0.29) is 24.0 Å². The Morgan fingerprint density at radius 2 is 1.87 bits per heavy atom. The van der Waals surface area contributed by atoms with Gasteiger partial charge in [-0.05, 0) is 36.4 Å². The number of sulfonamides is 1. The van der Waals surface area contributed by atoms with E-state index in [2.05, 4.69) is 14.6 Å². The topological polar surface area (TPSA) is 116 Å². The molecule has 2 heterocycles. The number of hydrogen-bond donors (Lipinski definition) is 1. The monoisotopic (exact) mass is 429 g/mol. The van der Waals surface area contributed by atoms with Crippen molar-refractivity contribution >= 4 is 21.6 Å². The van der Waals surface area contributed by atoms with Crippen LogP contribution < -0.4 is 9.62 Å². The van der Waals surface area contributed by atoms with Crippen molar-refractivity contribution < 1.29 is 17.9 Å². The van der Waals surface area contributed by atoms with Crippen LogP contribution in [0.5, 0.6) is 0 Å². The third-order valence-electron chi connectivity index (χ3n) is 4.80. The van der Waals surface area contributed by atoms with Crippen molar-refractivity contribution in [2.24, 2.45) is 0 Å². The second-order valence-corrected chi connectivity index (χ2v) is 8.47. The maximum Gasteiger partial charge on any atom is 0.253 e. The van der Waals surface area contributed by atoms with Gasteiger partial charge in [0.2, 0.25) is 10.0 Å². The molecule has 10 heteroatoms. The van der Waals surface area contributed by atoms with Gasteiger partial charge in [0.05, 0.1) is 23.4 Å². The van der Waals surface area contributed by atoms with Gasteiger partial charge < -0.3 is 14.5 Å². The van der Waals surface area contributed by atoms with Gasteiger partial charge in [-0.1, -0.05) is 0 Å². The number of carbonyl (C=O) groups excluding carboxylic acids is 1. The highest BCUT2D eigenvalue weighted by atomic mass is 32.2. The third kappa shape index (κ3) is 5.13. The zero-order valence-electron chi connectivity index (χ0n) is 16.6. The summed E-state index contributed by atoms with van der Waals surface area (Å²) in [6.07, 6.45) is 1.66. The minimum Gasteiger partial charge on any atom is -0.383 e. The van der Waals surface area contributed by atoms with Gasteiger partial charge in [0, 0.05) is 45.4 Å². The zero-order valence-corrected chi connectivity index (χ0v) is 17.4. The van der Waals surface area contributed by atoms with E-state index in [1.165, 1.54) is 31.4 Å². The lowest BCUT2D eigenvalue weighted by atomic mass is 10.1. The molecule has 0 unspecified atom stereocenters. The van der Waals surface area contributed by atoms with Crippen LogP contribution in [-0.4, -0.2) is 70.6 Å². The molecule has 3 rings (SSSR count). The molecule has 1 N–H and O–H groups in total. The summed E-state index contributed by atoms with van der Waals surface area (Å²) in [6, 6.07) is 11.4. The number of ether oxygens (including phenoxy) is 1. The van der Waals surface area contributed by atoms with Gasteiger partial charge >= 0.3 is 0 Å². The number of benzene rings is 1. The molecule has 0 radical (unpaired) electrons. The highest BCUT2D eigenvalue weighted by molar-refractivity contribution is 7.89. The van der Waals surface area contributed by atoms with Crippen molar-refractivity contribution in [2.45, 2.75) is 4.90 Å². The van der Waals surface area contributed by atoms with E-state index in [0.29, 0.717) is 37.4 Å². The maximum atomic E-state index is 12.8. The van der Waals surface area contributed by atoms with Crippen LogP contribution >= 0.6 is 0 Å². The molecular formula is C20H23N5O4S. The number of anilines is 1. The molecule has 0 saturated carbocycles. The molecule has 1 aliphatic heterocycles. The van der Waals surface area contributed by atoms with Gasteiger partial charge in [0.1, 0.15) is 11.8 Å². The first kappa shape index (κ1) is 21.7. The molecule has 1 fully saturated rings. The maximum absolute atomic E-state index is 12.8. The molecule has 1 aromatic carbocycles. The Labute approximate surface area is 175 Å². The van der Waals surface area contributed by atoms with E-state index in [4.69, 9.17) is 10.00 Å². The summed E-state index contributed by atoms with van der Waals surface area (Å²) >= 11 is 0. The average molecular weight is 430 g/mol. The lowest BCUT2D eigenvalue weighted by Crippen LogP contribution is -2.48. The van der Waals surface area contributed by atoms with Gasteiger partial charge in [0.25, 0.3) is 5.91 Å². The fraction of sp³-hybridized carbons (Fsp3) is 0.350. The standard InChI is InChI=1S/C20H23N5O4S/c1-29-13-8-23-30(27,28)19-6-2-16(3-7-19)20(26)25-11-9-24(10-12-25)18-5-4-17(14-21)22-15-18/h2-7,15,23H,8-13H2,1H3. The molecule has 0 spiro atoms. The normalized spacial score (nSPS) is 14.4. The molecule has 0 atom stereocenters. The summed E-state index contributed by atoms with van der Waals surface area (Å²) in [7, 11) is -2.13. The van der Waals surface area contributed by atoms with E-state index in [1.54, 1.807) is 17.2 Å². The van der Waals surface area contributed by atoms with Crippen molar-refractivity contribution in [1.82, 2.24) is 14.6 Å². The number of nitrogens with one attached hydrogen (secondary N) is 1. The lowest BCUT2D eigenvalue weighted by molar-refractivity contribution is 0.0746. The zero-order chi connectivity index (χ0) is 21.6. The number of aromatic nitrogens is 1. The second kappa shape index (κ2) is 9.67. The molecule has 0 bridgehead atoms. The Balaban J connectivity index is 1.59. The number of nitrogens with zero attached hydrogens (tertiary/aromatic N) is 4. The largest absolute Gasteiger partial charge is 0.383 e. The van der Waals surface area contributed by atoms with E-state index >= 15 is 0 Å². The number of pyridine rings is 1. The molecule has 1 amide bonds. The summed E-state index contributed by atoms with van der Waals surface area (Å²) < 4.78 is 31.7. The first-order valence-electron chi connectivity index (χ1n) is 9.43. The Kier molecular flexibility index (Phi) is 6.99. The smallest absolute Gasteiger partial charge is 0.253 e. The fourth-order valence-corrected chi connectivity index (χ4v) is 4.14. The molecule has 1 aromatic heterocycles. The third-order valence-corrected chi connectivity index (χ3v) is 6.28. The van der Waals surface area contributed by atoms with Crippen molar-refractivity contribution in [2.75, 3.05) is 51.3 Å². The molecule has 30 heavy (non-hydrogen) atoms.